The molecular weight excluding hydrogens is 498 g/mol. The van der Waals surface area contributed by atoms with Crippen LogP contribution >= 0.6 is 0 Å². The first-order valence-electron chi connectivity index (χ1n) is 12.5. The minimum atomic E-state index is -3.59. The molecule has 0 saturated carbocycles. The molecule has 200 valence electrons. The van der Waals surface area contributed by atoms with Gasteiger partial charge in [0.25, 0.3) is 0 Å². The number of amides is 1. The van der Waals surface area contributed by atoms with Crippen LogP contribution in [0.5, 0.6) is 0 Å². The Bertz CT molecular complexity index is 1340. The molecule has 8 heteroatoms. The Labute approximate surface area is 224 Å². The molecule has 1 atom stereocenters. The van der Waals surface area contributed by atoms with Crippen molar-refractivity contribution >= 4 is 32.9 Å². The van der Waals surface area contributed by atoms with Gasteiger partial charge in [-0.1, -0.05) is 73.3 Å². The van der Waals surface area contributed by atoms with Gasteiger partial charge in [-0.15, -0.1) is 0 Å². The van der Waals surface area contributed by atoms with Crippen LogP contribution in [-0.4, -0.2) is 32.4 Å². The van der Waals surface area contributed by atoms with Gasteiger partial charge in [0.15, 0.2) is 15.6 Å². The molecule has 0 aliphatic heterocycles. The average Bonchev–Trinajstić information content (AvgIpc) is 2.90. The highest BCUT2D eigenvalue weighted by molar-refractivity contribution is 7.90. The Morgan fingerprint density at radius 2 is 1.45 bits per heavy atom. The molecule has 38 heavy (non-hydrogen) atoms. The summed E-state index contributed by atoms with van der Waals surface area (Å²) in [7, 11) is -3.59. The number of sulfone groups is 1. The molecule has 1 amide bonds. The first-order chi connectivity index (χ1) is 18.1. The molecule has 0 aliphatic rings. The molecule has 0 aromatic heterocycles. The van der Waals surface area contributed by atoms with Crippen molar-refractivity contribution in [1.29, 1.82) is 0 Å². The SMILES string of the molecule is C=C(N)c1ccc(CCC(=O)CNC(=O)[C@@H](CCc2ccccc2)CS(=O)(=O)Cc2ccc(N)cc2)cc1. The molecule has 0 heterocycles. The molecule has 0 spiro atoms. The lowest BCUT2D eigenvalue weighted by molar-refractivity contribution is -0.127. The van der Waals surface area contributed by atoms with Crippen molar-refractivity contribution < 1.29 is 18.0 Å². The molecular formula is C30H35N3O4S. The monoisotopic (exact) mass is 533 g/mol. The molecule has 0 fully saturated rings. The Kier molecular flexibility index (Phi) is 10.2. The third-order valence-corrected chi connectivity index (χ3v) is 7.98. The van der Waals surface area contributed by atoms with Crippen LogP contribution in [0.15, 0.2) is 85.4 Å². The summed E-state index contributed by atoms with van der Waals surface area (Å²) in [5.74, 6) is -1.82. The van der Waals surface area contributed by atoms with E-state index in [-0.39, 0.29) is 30.3 Å². The summed E-state index contributed by atoms with van der Waals surface area (Å²) in [5.41, 5.74) is 15.8. The smallest absolute Gasteiger partial charge is 0.224 e. The minimum Gasteiger partial charge on any atom is -0.399 e. The van der Waals surface area contributed by atoms with E-state index in [2.05, 4.69) is 11.9 Å². The second-order valence-electron chi connectivity index (χ2n) is 9.50. The number of aryl methyl sites for hydroxylation is 2. The lowest BCUT2D eigenvalue weighted by atomic mass is 10.00. The number of hydrogen-bond acceptors (Lipinski definition) is 6. The zero-order chi connectivity index (χ0) is 27.5. The molecule has 0 unspecified atom stereocenters. The highest BCUT2D eigenvalue weighted by Crippen LogP contribution is 2.17. The molecule has 0 saturated heterocycles. The molecule has 0 radical (unpaired) electrons. The van der Waals surface area contributed by atoms with Crippen molar-refractivity contribution in [1.82, 2.24) is 5.32 Å². The maximum atomic E-state index is 13.1. The largest absolute Gasteiger partial charge is 0.399 e. The quantitative estimate of drug-likeness (QED) is 0.271. The van der Waals surface area contributed by atoms with Gasteiger partial charge >= 0.3 is 0 Å². The topological polar surface area (TPSA) is 132 Å². The molecule has 5 N–H and O–H groups in total. The number of nitrogen functional groups attached to an aromatic ring is 1. The number of nitrogens with two attached hydrogens (primary N) is 2. The fraction of sp³-hybridized carbons (Fsp3) is 0.267. The van der Waals surface area contributed by atoms with Gasteiger partial charge < -0.3 is 16.8 Å². The van der Waals surface area contributed by atoms with E-state index in [1.165, 1.54) is 0 Å². The Morgan fingerprint density at radius 3 is 2.08 bits per heavy atom. The number of carbonyl (C=O) groups excluding carboxylic acids is 2. The van der Waals surface area contributed by atoms with Crippen LogP contribution in [0.3, 0.4) is 0 Å². The minimum absolute atomic E-state index is 0.128. The van der Waals surface area contributed by atoms with Crippen molar-refractivity contribution in [2.24, 2.45) is 11.7 Å². The molecule has 3 aromatic carbocycles. The zero-order valence-electron chi connectivity index (χ0n) is 21.4. The lowest BCUT2D eigenvalue weighted by Gasteiger charge is -2.17. The normalized spacial score (nSPS) is 12.0. The summed E-state index contributed by atoms with van der Waals surface area (Å²) in [5, 5.41) is 2.68. The number of carbonyl (C=O) groups is 2. The summed E-state index contributed by atoms with van der Waals surface area (Å²) in [6, 6.07) is 23.7. The first kappa shape index (κ1) is 28.7. The Morgan fingerprint density at radius 1 is 0.842 bits per heavy atom. The molecule has 7 nitrogen and oxygen atoms in total. The predicted octanol–water partition coefficient (Wildman–Crippen LogP) is 3.68. The number of hydrogen-bond donors (Lipinski definition) is 3. The molecule has 3 rings (SSSR count). The third kappa shape index (κ3) is 9.52. The van der Waals surface area contributed by atoms with E-state index < -0.39 is 21.7 Å². The van der Waals surface area contributed by atoms with Crippen molar-refractivity contribution in [2.75, 3.05) is 18.0 Å². The van der Waals surface area contributed by atoms with Gasteiger partial charge in [0.05, 0.1) is 24.0 Å². The fourth-order valence-electron chi connectivity index (χ4n) is 4.10. The Hall–Kier alpha value is -3.91. The molecule has 0 bridgehead atoms. The van der Waals surface area contributed by atoms with Gasteiger partial charge in [-0.2, -0.15) is 0 Å². The van der Waals surface area contributed by atoms with Gasteiger partial charge in [-0.05, 0) is 53.6 Å². The van der Waals surface area contributed by atoms with E-state index in [0.717, 1.165) is 16.7 Å². The van der Waals surface area contributed by atoms with E-state index in [4.69, 9.17) is 11.5 Å². The number of ketones is 1. The van der Waals surface area contributed by atoms with Gasteiger partial charge in [0.1, 0.15) is 0 Å². The van der Waals surface area contributed by atoms with Crippen LogP contribution in [0, 0.1) is 5.92 Å². The van der Waals surface area contributed by atoms with Crippen molar-refractivity contribution in [3.05, 3.63) is 108 Å². The highest BCUT2D eigenvalue weighted by Gasteiger charge is 2.26. The Balaban J connectivity index is 1.58. The van der Waals surface area contributed by atoms with E-state index in [0.29, 0.717) is 36.2 Å². The summed E-state index contributed by atoms with van der Waals surface area (Å²) >= 11 is 0. The average molecular weight is 534 g/mol. The summed E-state index contributed by atoms with van der Waals surface area (Å²) in [6.07, 6.45) is 1.69. The number of rotatable bonds is 14. The van der Waals surface area contributed by atoms with Gasteiger partial charge in [-0.25, -0.2) is 8.42 Å². The van der Waals surface area contributed by atoms with Crippen LogP contribution in [0.1, 0.15) is 35.1 Å². The van der Waals surface area contributed by atoms with Crippen LogP contribution in [0.2, 0.25) is 0 Å². The fourth-order valence-corrected chi connectivity index (χ4v) is 5.85. The van der Waals surface area contributed by atoms with Gasteiger partial charge in [0, 0.05) is 17.8 Å². The number of Topliss-reactive ketones (excluding diaryl/α,β-unsaturated/α-hetero) is 1. The van der Waals surface area contributed by atoms with E-state index >= 15 is 0 Å². The van der Waals surface area contributed by atoms with E-state index in [9.17, 15) is 18.0 Å². The van der Waals surface area contributed by atoms with Gasteiger partial charge in [-0.3, -0.25) is 9.59 Å². The van der Waals surface area contributed by atoms with E-state index in [1.807, 2.05) is 54.6 Å². The zero-order valence-corrected chi connectivity index (χ0v) is 22.3. The van der Waals surface area contributed by atoms with Crippen LogP contribution < -0.4 is 16.8 Å². The van der Waals surface area contributed by atoms with Crippen molar-refractivity contribution in [3.8, 4) is 0 Å². The van der Waals surface area contributed by atoms with Gasteiger partial charge in [0.2, 0.25) is 5.91 Å². The lowest BCUT2D eigenvalue weighted by Crippen LogP contribution is -2.38. The van der Waals surface area contributed by atoms with E-state index in [1.54, 1.807) is 24.3 Å². The summed E-state index contributed by atoms with van der Waals surface area (Å²) in [6.45, 7) is 3.56. The van der Waals surface area contributed by atoms with Crippen molar-refractivity contribution in [3.63, 3.8) is 0 Å². The number of anilines is 1. The second kappa shape index (κ2) is 13.6. The summed E-state index contributed by atoms with van der Waals surface area (Å²) < 4.78 is 26.0. The predicted molar refractivity (Wildman–Crippen MR) is 153 cm³/mol. The molecule has 3 aromatic rings. The third-order valence-electron chi connectivity index (χ3n) is 6.29. The second-order valence-corrected chi connectivity index (χ2v) is 11.6. The maximum Gasteiger partial charge on any atom is 0.224 e. The molecule has 0 aliphatic carbocycles. The van der Waals surface area contributed by atoms with Crippen LogP contribution in [0.4, 0.5) is 5.69 Å². The maximum absolute atomic E-state index is 13.1. The number of benzene rings is 3. The highest BCUT2D eigenvalue weighted by atomic mass is 32.2. The standard InChI is InChI=1S/C30H35N3O4S/c1-22(31)26-13-7-24(8-14-26)12-18-29(34)19-33-30(35)27(15-9-23-5-3-2-4-6-23)21-38(36,37)20-25-10-16-28(32)17-11-25/h2-8,10-11,13-14,16-17,27H,1,9,12,15,18-21,31-32H2,(H,33,35)/t27-/m0/s1. The van der Waals surface area contributed by atoms with Crippen LogP contribution in [-0.2, 0) is 38.0 Å². The summed E-state index contributed by atoms with van der Waals surface area (Å²) in [4.78, 5) is 25.5. The number of nitrogens with one attached hydrogen (secondary N) is 1. The first-order valence-corrected chi connectivity index (χ1v) is 14.4. The van der Waals surface area contributed by atoms with Crippen molar-refractivity contribution in [2.45, 2.75) is 31.4 Å². The van der Waals surface area contributed by atoms with Crippen LogP contribution in [0.25, 0.3) is 5.70 Å².